The van der Waals surface area contributed by atoms with E-state index in [0.29, 0.717) is 24.8 Å². The Morgan fingerprint density at radius 2 is 1.73 bits per heavy atom. The molecule has 0 unspecified atom stereocenters. The lowest BCUT2D eigenvalue weighted by molar-refractivity contribution is -0.138. The SMILES string of the molecule is O=C(/C=C/c1ccc(S(=O)(=O)N2CCOCC2)cc1)OCC(=O)c1cccc(C(F)(F)F)c1. The van der Waals surface area contributed by atoms with Gasteiger partial charge in [-0.1, -0.05) is 24.3 Å². The van der Waals surface area contributed by atoms with Gasteiger partial charge in [-0.15, -0.1) is 0 Å². The normalized spacial score (nSPS) is 15.5. The zero-order valence-electron chi connectivity index (χ0n) is 17.2. The highest BCUT2D eigenvalue weighted by Crippen LogP contribution is 2.29. The third-order valence-electron chi connectivity index (χ3n) is 4.76. The van der Waals surface area contributed by atoms with Crippen LogP contribution in [-0.4, -0.2) is 57.4 Å². The van der Waals surface area contributed by atoms with E-state index in [1.165, 1.54) is 40.7 Å². The predicted octanol–water partition coefficient (Wildman–Crippen LogP) is 3.17. The number of halogens is 3. The number of carbonyl (C=O) groups excluding carboxylic acids is 2. The number of morpholine rings is 1. The number of ketones is 1. The largest absolute Gasteiger partial charge is 0.454 e. The molecular formula is C22H20F3NO6S. The Kier molecular flexibility index (Phi) is 7.67. The van der Waals surface area contributed by atoms with Crippen molar-refractivity contribution in [2.24, 2.45) is 0 Å². The van der Waals surface area contributed by atoms with Gasteiger partial charge in [0.15, 0.2) is 12.4 Å². The van der Waals surface area contributed by atoms with Crippen molar-refractivity contribution in [2.75, 3.05) is 32.9 Å². The van der Waals surface area contributed by atoms with Crippen LogP contribution in [0.15, 0.2) is 59.5 Å². The molecular weight excluding hydrogens is 463 g/mol. The number of benzene rings is 2. The fourth-order valence-electron chi connectivity index (χ4n) is 2.99. The maximum Gasteiger partial charge on any atom is 0.416 e. The third-order valence-corrected chi connectivity index (χ3v) is 6.67. The standard InChI is InChI=1S/C22H20F3NO6S/c23-22(24,25)18-3-1-2-17(14-18)20(27)15-32-21(28)9-6-16-4-7-19(8-5-16)33(29,30)26-10-12-31-13-11-26/h1-9,14H,10-13,15H2/b9-6+. The summed E-state index contributed by atoms with van der Waals surface area (Å²) in [5.74, 6) is -1.65. The maximum atomic E-state index is 12.7. The molecule has 1 aliphatic rings. The van der Waals surface area contributed by atoms with E-state index in [1.807, 2.05) is 0 Å². The highest BCUT2D eigenvalue weighted by atomic mass is 32.2. The Hall–Kier alpha value is -3.02. The number of alkyl halides is 3. The maximum absolute atomic E-state index is 12.7. The monoisotopic (exact) mass is 483 g/mol. The molecule has 0 N–H and O–H groups in total. The number of nitrogens with zero attached hydrogens (tertiary/aromatic N) is 1. The second-order valence-corrected chi connectivity index (χ2v) is 8.97. The van der Waals surface area contributed by atoms with Gasteiger partial charge in [0.05, 0.1) is 23.7 Å². The van der Waals surface area contributed by atoms with Crippen LogP contribution in [0.3, 0.4) is 0 Å². The van der Waals surface area contributed by atoms with Gasteiger partial charge in [0.1, 0.15) is 0 Å². The lowest BCUT2D eigenvalue weighted by Gasteiger charge is -2.26. The zero-order valence-corrected chi connectivity index (χ0v) is 18.1. The van der Waals surface area contributed by atoms with Gasteiger partial charge < -0.3 is 9.47 Å². The van der Waals surface area contributed by atoms with Crippen LogP contribution in [0, 0.1) is 0 Å². The minimum Gasteiger partial charge on any atom is -0.454 e. The van der Waals surface area contributed by atoms with Gasteiger partial charge >= 0.3 is 12.1 Å². The zero-order chi connectivity index (χ0) is 24.1. The van der Waals surface area contributed by atoms with E-state index in [9.17, 15) is 31.2 Å². The molecule has 1 saturated heterocycles. The summed E-state index contributed by atoms with van der Waals surface area (Å²) in [7, 11) is -3.64. The first kappa shape index (κ1) is 24.6. The molecule has 176 valence electrons. The number of rotatable bonds is 7. The summed E-state index contributed by atoms with van der Waals surface area (Å²) in [5, 5.41) is 0. The van der Waals surface area contributed by atoms with E-state index >= 15 is 0 Å². The molecule has 11 heteroatoms. The van der Waals surface area contributed by atoms with Gasteiger partial charge in [-0.2, -0.15) is 17.5 Å². The van der Waals surface area contributed by atoms with E-state index in [1.54, 1.807) is 0 Å². The van der Waals surface area contributed by atoms with Crippen LogP contribution >= 0.6 is 0 Å². The first-order valence-corrected chi connectivity index (χ1v) is 11.2. The minimum absolute atomic E-state index is 0.107. The Labute approximate surface area is 188 Å². The first-order chi connectivity index (χ1) is 15.6. The van der Waals surface area contributed by atoms with E-state index in [-0.39, 0.29) is 23.5 Å². The molecule has 1 heterocycles. The number of sulfonamides is 1. The molecule has 0 bridgehead atoms. The molecule has 0 amide bonds. The van der Waals surface area contributed by atoms with Crippen LogP contribution < -0.4 is 0 Å². The van der Waals surface area contributed by atoms with Gasteiger partial charge in [-0.05, 0) is 35.9 Å². The van der Waals surface area contributed by atoms with Crippen molar-refractivity contribution in [2.45, 2.75) is 11.1 Å². The van der Waals surface area contributed by atoms with Crippen LogP contribution in [0.2, 0.25) is 0 Å². The topological polar surface area (TPSA) is 90.0 Å². The summed E-state index contributed by atoms with van der Waals surface area (Å²) < 4.78 is 74.7. The molecule has 2 aromatic rings. The molecule has 2 aromatic carbocycles. The van der Waals surface area contributed by atoms with Gasteiger partial charge in [-0.25, -0.2) is 13.2 Å². The molecule has 0 aromatic heterocycles. The molecule has 0 aliphatic carbocycles. The van der Waals surface area contributed by atoms with Gasteiger partial charge in [-0.3, -0.25) is 4.79 Å². The van der Waals surface area contributed by atoms with Crippen LogP contribution in [0.4, 0.5) is 13.2 Å². The van der Waals surface area contributed by atoms with Crippen molar-refractivity contribution in [1.29, 1.82) is 0 Å². The van der Waals surface area contributed by atoms with Crippen molar-refractivity contribution in [3.63, 3.8) is 0 Å². The van der Waals surface area contributed by atoms with Crippen LogP contribution in [-0.2, 0) is 30.5 Å². The van der Waals surface area contributed by atoms with E-state index in [4.69, 9.17) is 9.47 Å². The lowest BCUT2D eigenvalue weighted by atomic mass is 10.1. The molecule has 3 rings (SSSR count). The minimum atomic E-state index is -4.59. The predicted molar refractivity (Wildman–Crippen MR) is 112 cm³/mol. The van der Waals surface area contributed by atoms with Gasteiger partial charge in [0, 0.05) is 24.7 Å². The van der Waals surface area contributed by atoms with Crippen molar-refractivity contribution < 1.29 is 40.7 Å². The summed E-state index contributed by atoms with van der Waals surface area (Å²) in [6, 6.07) is 9.66. The Balaban J connectivity index is 1.56. The Bertz CT molecular complexity index is 1140. The Morgan fingerprint density at radius 3 is 2.36 bits per heavy atom. The smallest absolute Gasteiger partial charge is 0.416 e. The highest BCUT2D eigenvalue weighted by molar-refractivity contribution is 7.89. The molecule has 1 aliphatic heterocycles. The van der Waals surface area contributed by atoms with Crippen molar-refractivity contribution in [3.05, 3.63) is 71.3 Å². The molecule has 0 saturated carbocycles. The summed E-state index contributed by atoms with van der Waals surface area (Å²) in [4.78, 5) is 24.0. The molecule has 1 fully saturated rings. The summed E-state index contributed by atoms with van der Waals surface area (Å²) in [5.41, 5.74) is -0.686. The fraction of sp³-hybridized carbons (Fsp3) is 0.273. The Morgan fingerprint density at radius 1 is 1.06 bits per heavy atom. The van der Waals surface area contributed by atoms with Crippen molar-refractivity contribution in [3.8, 4) is 0 Å². The summed E-state index contributed by atoms with van der Waals surface area (Å²) in [6.45, 7) is 0.488. The summed E-state index contributed by atoms with van der Waals surface area (Å²) in [6.07, 6.45) is -2.19. The fourth-order valence-corrected chi connectivity index (χ4v) is 4.40. The number of hydrogen-bond donors (Lipinski definition) is 0. The number of esters is 1. The van der Waals surface area contributed by atoms with E-state index < -0.39 is 40.1 Å². The average Bonchev–Trinajstić information content (AvgIpc) is 2.81. The average molecular weight is 483 g/mol. The number of Topliss-reactive ketones (excluding diaryl/α,β-unsaturated/α-hetero) is 1. The molecule has 7 nitrogen and oxygen atoms in total. The first-order valence-electron chi connectivity index (χ1n) is 9.80. The second kappa shape index (κ2) is 10.3. The van der Waals surface area contributed by atoms with Gasteiger partial charge in [0.25, 0.3) is 0 Å². The van der Waals surface area contributed by atoms with Crippen LogP contribution in [0.25, 0.3) is 6.08 Å². The quantitative estimate of drug-likeness (QED) is 0.342. The van der Waals surface area contributed by atoms with Gasteiger partial charge in [0.2, 0.25) is 10.0 Å². The number of hydrogen-bond acceptors (Lipinski definition) is 6. The molecule has 33 heavy (non-hydrogen) atoms. The molecule has 0 spiro atoms. The lowest BCUT2D eigenvalue weighted by Crippen LogP contribution is -2.40. The highest BCUT2D eigenvalue weighted by Gasteiger charge is 2.31. The van der Waals surface area contributed by atoms with Crippen LogP contribution in [0.5, 0.6) is 0 Å². The van der Waals surface area contributed by atoms with Crippen molar-refractivity contribution >= 4 is 27.9 Å². The number of carbonyl (C=O) groups is 2. The van der Waals surface area contributed by atoms with Crippen LogP contribution in [0.1, 0.15) is 21.5 Å². The molecule has 0 radical (unpaired) electrons. The second-order valence-electron chi connectivity index (χ2n) is 7.03. The van der Waals surface area contributed by atoms with E-state index in [2.05, 4.69) is 0 Å². The van der Waals surface area contributed by atoms with Crippen molar-refractivity contribution in [1.82, 2.24) is 4.31 Å². The summed E-state index contributed by atoms with van der Waals surface area (Å²) >= 11 is 0. The molecule has 0 atom stereocenters. The van der Waals surface area contributed by atoms with E-state index in [0.717, 1.165) is 18.2 Å². The third kappa shape index (κ3) is 6.50. The number of ether oxygens (including phenoxy) is 2.